The lowest BCUT2D eigenvalue weighted by molar-refractivity contribution is -0.416. The number of fused-ring (bicyclic) bond motifs is 1. The molecule has 0 spiro atoms. The van der Waals surface area contributed by atoms with E-state index in [1.165, 1.54) is 12.4 Å². The minimum absolute atomic E-state index is 0.130. The molecule has 0 aromatic rings. The quantitative estimate of drug-likeness (QED) is 0.447. The van der Waals surface area contributed by atoms with Gasteiger partial charge >= 0.3 is 5.70 Å². The lowest BCUT2D eigenvalue weighted by Gasteiger charge is -2.09. The van der Waals surface area contributed by atoms with Gasteiger partial charge in [-0.1, -0.05) is 6.08 Å². The fourth-order valence-electron chi connectivity index (χ4n) is 1.28. The normalized spacial score (nSPS) is 24.6. The molecular formula is C7H6N4O2. The molecule has 13 heavy (non-hydrogen) atoms. The number of nitrogens with zero attached hydrogens (tertiary/aromatic N) is 3. The van der Waals surface area contributed by atoms with E-state index in [0.29, 0.717) is 5.71 Å². The van der Waals surface area contributed by atoms with Crippen LogP contribution in [-0.4, -0.2) is 23.0 Å². The van der Waals surface area contributed by atoms with E-state index >= 15 is 0 Å². The highest BCUT2D eigenvalue weighted by Crippen LogP contribution is 2.19. The molecule has 0 aromatic carbocycles. The second kappa shape index (κ2) is 2.51. The third-order valence-corrected chi connectivity index (χ3v) is 1.86. The Morgan fingerprint density at radius 1 is 1.62 bits per heavy atom. The van der Waals surface area contributed by atoms with Gasteiger partial charge in [-0.25, -0.2) is 4.99 Å². The van der Waals surface area contributed by atoms with E-state index in [2.05, 4.69) is 9.98 Å². The molecule has 6 nitrogen and oxygen atoms in total. The second-order valence-electron chi connectivity index (χ2n) is 2.64. The van der Waals surface area contributed by atoms with Crippen LogP contribution in [0, 0.1) is 10.1 Å². The molecule has 6 heteroatoms. The van der Waals surface area contributed by atoms with E-state index in [9.17, 15) is 10.1 Å². The minimum Gasteiger partial charge on any atom is -0.393 e. The van der Waals surface area contributed by atoms with Crippen molar-refractivity contribution in [2.45, 2.75) is 6.04 Å². The van der Waals surface area contributed by atoms with Gasteiger partial charge < -0.3 is 5.73 Å². The number of aliphatic imine (C=N–C) groups is 2. The van der Waals surface area contributed by atoms with Gasteiger partial charge in [-0.2, -0.15) is 0 Å². The van der Waals surface area contributed by atoms with Crippen LogP contribution in [-0.2, 0) is 0 Å². The molecule has 0 bridgehead atoms. The minimum atomic E-state index is -0.528. The summed E-state index contributed by atoms with van der Waals surface area (Å²) in [4.78, 5) is 17.8. The number of rotatable bonds is 1. The van der Waals surface area contributed by atoms with Crippen molar-refractivity contribution in [3.8, 4) is 0 Å². The summed E-state index contributed by atoms with van der Waals surface area (Å²) in [7, 11) is 0. The Morgan fingerprint density at radius 3 is 3.08 bits per heavy atom. The Bertz CT molecular complexity index is 391. The van der Waals surface area contributed by atoms with Crippen LogP contribution in [0.25, 0.3) is 0 Å². The highest BCUT2D eigenvalue weighted by atomic mass is 16.6. The Labute approximate surface area is 73.3 Å². The maximum Gasteiger partial charge on any atom is 0.315 e. The first-order valence-electron chi connectivity index (χ1n) is 3.62. The van der Waals surface area contributed by atoms with Crippen LogP contribution < -0.4 is 5.73 Å². The molecule has 0 radical (unpaired) electrons. The molecule has 0 saturated heterocycles. The summed E-state index contributed by atoms with van der Waals surface area (Å²) >= 11 is 0. The smallest absolute Gasteiger partial charge is 0.315 e. The summed E-state index contributed by atoms with van der Waals surface area (Å²) in [5.41, 5.74) is 5.77. The van der Waals surface area contributed by atoms with E-state index < -0.39 is 4.92 Å². The van der Waals surface area contributed by atoms with Crippen molar-refractivity contribution in [2.75, 3.05) is 0 Å². The van der Waals surface area contributed by atoms with E-state index in [4.69, 9.17) is 5.73 Å². The summed E-state index contributed by atoms with van der Waals surface area (Å²) in [6.07, 6.45) is 4.49. The van der Waals surface area contributed by atoms with Crippen molar-refractivity contribution in [3.05, 3.63) is 33.7 Å². The van der Waals surface area contributed by atoms with E-state index in [1.54, 1.807) is 6.08 Å². The molecule has 1 aliphatic carbocycles. The molecule has 1 aliphatic heterocycles. The summed E-state index contributed by atoms with van der Waals surface area (Å²) in [5, 5.41) is 10.6. The predicted molar refractivity (Wildman–Crippen MR) is 47.1 cm³/mol. The van der Waals surface area contributed by atoms with E-state index in [1.807, 2.05) is 0 Å². The lowest BCUT2D eigenvalue weighted by atomic mass is 10.0. The number of nitro groups is 1. The average molecular weight is 178 g/mol. The van der Waals surface area contributed by atoms with Crippen molar-refractivity contribution in [3.63, 3.8) is 0 Å². The SMILES string of the molecule is NC1=C([N+](=O)[O-])C2=NC=N[C@H]2C=C1. The number of hydrogen-bond donors (Lipinski definition) is 1. The summed E-state index contributed by atoms with van der Waals surface area (Å²) in [6.45, 7) is 0. The molecule has 0 amide bonds. The van der Waals surface area contributed by atoms with Gasteiger partial charge in [-0.05, 0) is 6.08 Å². The highest BCUT2D eigenvalue weighted by molar-refractivity contribution is 6.11. The molecular weight excluding hydrogens is 172 g/mol. The van der Waals surface area contributed by atoms with Gasteiger partial charge in [0.15, 0.2) is 5.71 Å². The van der Waals surface area contributed by atoms with Crippen molar-refractivity contribution in [1.29, 1.82) is 0 Å². The van der Waals surface area contributed by atoms with Crippen LogP contribution in [0.3, 0.4) is 0 Å². The van der Waals surface area contributed by atoms with Gasteiger partial charge in [0.25, 0.3) is 0 Å². The molecule has 66 valence electrons. The standard InChI is InChI=1S/C7H6N4O2/c8-4-1-2-5-6(10-3-9-5)7(4)11(12)13/h1-3,5H,8H2/t5-/m0/s1. The lowest BCUT2D eigenvalue weighted by Crippen LogP contribution is -2.27. The molecule has 0 aromatic heterocycles. The van der Waals surface area contributed by atoms with Gasteiger partial charge in [-0.3, -0.25) is 15.1 Å². The van der Waals surface area contributed by atoms with Crippen LogP contribution in [0.1, 0.15) is 0 Å². The zero-order chi connectivity index (χ0) is 9.42. The Kier molecular flexibility index (Phi) is 1.48. The van der Waals surface area contributed by atoms with Crippen molar-refractivity contribution in [2.24, 2.45) is 15.7 Å². The van der Waals surface area contributed by atoms with E-state index in [0.717, 1.165) is 0 Å². The fourth-order valence-corrected chi connectivity index (χ4v) is 1.28. The number of hydrogen-bond acceptors (Lipinski definition) is 5. The van der Waals surface area contributed by atoms with Gasteiger partial charge in [0.2, 0.25) is 0 Å². The van der Waals surface area contributed by atoms with Crippen LogP contribution in [0.2, 0.25) is 0 Å². The van der Waals surface area contributed by atoms with Crippen molar-refractivity contribution < 1.29 is 4.92 Å². The van der Waals surface area contributed by atoms with Crippen LogP contribution in [0.5, 0.6) is 0 Å². The maximum atomic E-state index is 10.6. The molecule has 0 saturated carbocycles. The first-order valence-corrected chi connectivity index (χ1v) is 3.62. The maximum absolute atomic E-state index is 10.6. The third kappa shape index (κ3) is 1.03. The van der Waals surface area contributed by atoms with Crippen LogP contribution in [0.4, 0.5) is 0 Å². The zero-order valence-electron chi connectivity index (χ0n) is 6.54. The van der Waals surface area contributed by atoms with Gasteiger partial charge in [-0.15, -0.1) is 0 Å². The molecule has 2 N–H and O–H groups in total. The first-order chi connectivity index (χ1) is 6.20. The Balaban J connectivity index is 2.51. The molecule has 1 atom stereocenters. The monoisotopic (exact) mass is 178 g/mol. The number of nitrogens with two attached hydrogens (primary N) is 1. The van der Waals surface area contributed by atoms with Crippen LogP contribution in [0.15, 0.2) is 33.5 Å². The van der Waals surface area contributed by atoms with Crippen molar-refractivity contribution in [1.82, 2.24) is 0 Å². The van der Waals surface area contributed by atoms with Gasteiger partial charge in [0.1, 0.15) is 18.1 Å². The molecule has 2 rings (SSSR count). The molecule has 2 aliphatic rings. The largest absolute Gasteiger partial charge is 0.393 e. The topological polar surface area (TPSA) is 93.9 Å². The zero-order valence-corrected chi connectivity index (χ0v) is 6.54. The van der Waals surface area contributed by atoms with Gasteiger partial charge in [0, 0.05) is 0 Å². The molecule has 0 unspecified atom stereocenters. The van der Waals surface area contributed by atoms with E-state index in [-0.39, 0.29) is 17.4 Å². The molecule has 1 heterocycles. The summed E-state index contributed by atoms with van der Waals surface area (Å²) in [6, 6.07) is -0.326. The predicted octanol–water partition coefficient (Wildman–Crippen LogP) is -0.145. The average Bonchev–Trinajstić information content (AvgIpc) is 2.50. The van der Waals surface area contributed by atoms with Crippen molar-refractivity contribution >= 4 is 12.1 Å². The summed E-state index contributed by atoms with van der Waals surface area (Å²) in [5.74, 6) is 0. The second-order valence-corrected chi connectivity index (χ2v) is 2.64. The van der Waals surface area contributed by atoms with Crippen LogP contribution >= 0.6 is 0 Å². The third-order valence-electron chi connectivity index (χ3n) is 1.86. The first kappa shape index (κ1) is 7.66. The Hall–Kier alpha value is -1.98. The Morgan fingerprint density at radius 2 is 2.38 bits per heavy atom. The summed E-state index contributed by atoms with van der Waals surface area (Å²) < 4.78 is 0. The fraction of sp³-hybridized carbons (Fsp3) is 0.143. The molecule has 0 fully saturated rings. The highest BCUT2D eigenvalue weighted by Gasteiger charge is 2.33. The number of allylic oxidation sites excluding steroid dienone is 1. The van der Waals surface area contributed by atoms with Gasteiger partial charge in [0.05, 0.1) is 4.92 Å².